The number of carbonyl (C=O) groups excluding carboxylic acids is 7. The Hall–Kier alpha value is -8.37. The number of nitrogens with two attached hydrogens (primary N) is 2. The highest BCUT2D eigenvalue weighted by Gasteiger charge is 2.29. The molecule has 378 valence electrons. The molecule has 9 N–H and O–H groups in total. The van der Waals surface area contributed by atoms with Crippen molar-refractivity contribution in [3.63, 3.8) is 0 Å². The van der Waals surface area contributed by atoms with Crippen LogP contribution in [0, 0.1) is 18.8 Å². The largest absolute Gasteiger partial charge is 0.480 e. The number of aromatic nitrogens is 8. The Morgan fingerprint density at radius 2 is 1.58 bits per heavy atom. The number of benzene rings is 2. The summed E-state index contributed by atoms with van der Waals surface area (Å²) in [4.78, 5) is 121. The fraction of sp³-hybridized carbons (Fsp3) is 0.408. The fourth-order valence-electron chi connectivity index (χ4n) is 8.06. The highest BCUT2D eigenvalue weighted by Crippen LogP contribution is 2.26. The zero-order valence-electron chi connectivity index (χ0n) is 40.4. The molecule has 1 aliphatic rings. The third-order valence-electron chi connectivity index (χ3n) is 12.1. The Morgan fingerprint density at radius 1 is 0.847 bits per heavy atom. The van der Waals surface area contributed by atoms with E-state index in [4.69, 9.17) is 11.5 Å². The van der Waals surface area contributed by atoms with Gasteiger partial charge in [0.25, 0.3) is 17.7 Å². The summed E-state index contributed by atoms with van der Waals surface area (Å²) >= 11 is 0. The average Bonchev–Trinajstić information content (AvgIpc) is 3.99. The number of aliphatic carboxylic acids is 1. The molecule has 0 unspecified atom stereocenters. The molecule has 0 saturated heterocycles. The Balaban J connectivity index is 0.964. The minimum atomic E-state index is -1.27. The van der Waals surface area contributed by atoms with Crippen molar-refractivity contribution in [1.29, 1.82) is 0 Å². The number of Topliss-reactive ketones (excluding diaryl/α,β-unsaturated/α-hetero) is 3. The molecule has 4 amide bonds. The molecule has 0 spiro atoms. The van der Waals surface area contributed by atoms with Gasteiger partial charge in [0.1, 0.15) is 17.6 Å². The number of unbranched alkanes of at least 4 members (excludes halogenated alkanes) is 3. The SMILES string of the molecule is Cc1nc(N)c2nc(CNc3ccc(C(=O)N[C@@H](CCCCC(=O)c4ccc(CC(=O)[C@H](C)NC(=O)[C@@H](CC(=O)CCCCCN5C(=O)C=CC5=O)C(C)C)cc4-c4nn[nH]n4)C(=O)O)c(N)c3)cnc2n1. The number of fused-ring (bicyclic) bond motifs is 1. The van der Waals surface area contributed by atoms with Crippen LogP contribution in [0.25, 0.3) is 22.6 Å². The standard InChI is InChI=1S/C49H58N14O9/c1-26(2)35(23-32(64)10-6-5-9-19-63-41(67)17-18-42(63)68)48(70)54-27(3)40(66)21-29-13-15-33(36(20-29)45-59-61-62-60-45)39(65)12-8-7-11-38(49(71)72)58-47(69)34-16-14-30(22-37(34)50)52-24-31-25-53-46-43(57-31)44(51)55-28(4)56-46/h13-18,20,22,25-27,35,38,52H,5-12,19,21,23-24,50H2,1-4H3,(H,54,70)(H,58,69)(H,71,72)(H2,51,53,55,56)(H,59,60,61,62)/t27-,35-,38-/m0/s1. The quantitative estimate of drug-likeness (QED) is 0.0171. The zero-order chi connectivity index (χ0) is 52.1. The van der Waals surface area contributed by atoms with E-state index in [1.165, 1.54) is 24.3 Å². The Morgan fingerprint density at radius 3 is 2.28 bits per heavy atom. The van der Waals surface area contributed by atoms with E-state index >= 15 is 0 Å². The lowest BCUT2D eigenvalue weighted by molar-refractivity contribution is -0.139. The Bertz CT molecular complexity index is 2870. The van der Waals surface area contributed by atoms with Crippen LogP contribution in [-0.4, -0.2) is 116 Å². The number of carbonyl (C=O) groups is 8. The topological polar surface area (TPSA) is 354 Å². The van der Waals surface area contributed by atoms with Gasteiger partial charge >= 0.3 is 5.97 Å². The van der Waals surface area contributed by atoms with Gasteiger partial charge in [-0.05, 0) is 80.5 Å². The second-order valence-electron chi connectivity index (χ2n) is 17.9. The van der Waals surface area contributed by atoms with Crippen molar-refractivity contribution in [2.24, 2.45) is 11.8 Å². The number of nitrogens with one attached hydrogen (secondary N) is 4. The predicted octanol–water partition coefficient (Wildman–Crippen LogP) is 3.64. The molecule has 2 aromatic carbocycles. The van der Waals surface area contributed by atoms with Crippen molar-refractivity contribution in [1.82, 2.24) is 56.1 Å². The van der Waals surface area contributed by atoms with Crippen LogP contribution in [0.15, 0.2) is 54.7 Å². The molecule has 23 nitrogen and oxygen atoms in total. The second-order valence-corrected chi connectivity index (χ2v) is 17.9. The van der Waals surface area contributed by atoms with E-state index in [0.717, 1.165) is 4.90 Å². The molecule has 0 fully saturated rings. The molecule has 5 aromatic rings. The van der Waals surface area contributed by atoms with Gasteiger partial charge in [-0.1, -0.05) is 38.8 Å². The van der Waals surface area contributed by atoms with E-state index in [0.29, 0.717) is 58.8 Å². The number of imide groups is 1. The van der Waals surface area contributed by atoms with Crippen molar-refractivity contribution >= 4 is 75.3 Å². The van der Waals surface area contributed by atoms with Gasteiger partial charge in [-0.2, -0.15) is 5.21 Å². The van der Waals surface area contributed by atoms with Crippen molar-refractivity contribution in [3.8, 4) is 11.4 Å². The summed E-state index contributed by atoms with van der Waals surface area (Å²) in [5.41, 5.74) is 15.3. The molecular weight excluding hydrogens is 929 g/mol. The van der Waals surface area contributed by atoms with Crippen LogP contribution in [0.2, 0.25) is 0 Å². The molecule has 6 rings (SSSR count). The summed E-state index contributed by atoms with van der Waals surface area (Å²) in [7, 11) is 0. The number of amides is 4. The van der Waals surface area contributed by atoms with Gasteiger partial charge in [-0.25, -0.2) is 24.7 Å². The van der Waals surface area contributed by atoms with E-state index < -0.39 is 35.8 Å². The average molecular weight is 987 g/mol. The molecule has 72 heavy (non-hydrogen) atoms. The number of tetrazole rings is 1. The molecular formula is C49H58N14O9. The highest BCUT2D eigenvalue weighted by atomic mass is 16.4. The number of H-pyrrole nitrogens is 1. The first-order valence-corrected chi connectivity index (χ1v) is 23.6. The minimum absolute atomic E-state index is 0.00198. The third kappa shape index (κ3) is 14.1. The molecule has 3 atom stereocenters. The molecule has 1 aliphatic heterocycles. The lowest BCUT2D eigenvalue weighted by atomic mass is 9.88. The number of anilines is 3. The van der Waals surface area contributed by atoms with Gasteiger partial charge < -0.3 is 32.5 Å². The van der Waals surface area contributed by atoms with E-state index in [-0.39, 0.29) is 122 Å². The molecule has 23 heteroatoms. The van der Waals surface area contributed by atoms with Crippen molar-refractivity contribution in [2.45, 2.75) is 111 Å². The van der Waals surface area contributed by atoms with Crippen LogP contribution in [0.1, 0.15) is 116 Å². The third-order valence-corrected chi connectivity index (χ3v) is 12.1. The van der Waals surface area contributed by atoms with Crippen LogP contribution in [0.4, 0.5) is 17.2 Å². The first-order valence-electron chi connectivity index (χ1n) is 23.6. The van der Waals surface area contributed by atoms with Crippen LogP contribution in [-0.2, 0) is 41.7 Å². The van der Waals surface area contributed by atoms with Crippen LogP contribution < -0.4 is 27.4 Å². The molecule has 3 aromatic heterocycles. The van der Waals surface area contributed by atoms with E-state index in [9.17, 15) is 43.5 Å². The maximum absolute atomic E-state index is 13.6. The lowest BCUT2D eigenvalue weighted by Crippen LogP contribution is -2.44. The summed E-state index contributed by atoms with van der Waals surface area (Å²) in [6, 6.07) is 7.23. The summed E-state index contributed by atoms with van der Waals surface area (Å²) in [6.45, 7) is 7.45. The highest BCUT2D eigenvalue weighted by molar-refractivity contribution is 6.12. The minimum Gasteiger partial charge on any atom is -0.480 e. The summed E-state index contributed by atoms with van der Waals surface area (Å²) in [5, 5.41) is 32.5. The smallest absolute Gasteiger partial charge is 0.326 e. The van der Waals surface area contributed by atoms with Crippen molar-refractivity contribution < 1.29 is 43.5 Å². The molecule has 0 bridgehead atoms. The Kier molecular flexibility index (Phi) is 18.0. The number of hydrogen-bond acceptors (Lipinski definition) is 18. The van der Waals surface area contributed by atoms with Gasteiger partial charge in [0.05, 0.1) is 30.0 Å². The summed E-state index contributed by atoms with van der Waals surface area (Å²) in [5.74, 6) is -3.83. The fourth-order valence-corrected chi connectivity index (χ4v) is 8.06. The van der Waals surface area contributed by atoms with Crippen LogP contribution in [0.5, 0.6) is 0 Å². The number of carboxylic acid groups (broad SMARTS) is 1. The van der Waals surface area contributed by atoms with Gasteiger partial charge in [0.15, 0.2) is 28.5 Å². The predicted molar refractivity (Wildman–Crippen MR) is 262 cm³/mol. The maximum atomic E-state index is 13.6. The zero-order valence-corrected chi connectivity index (χ0v) is 40.4. The van der Waals surface area contributed by atoms with Crippen molar-refractivity contribution in [3.05, 3.63) is 83.0 Å². The number of hydrogen-bond donors (Lipinski definition) is 7. The monoisotopic (exact) mass is 986 g/mol. The number of ketones is 3. The number of carboxylic acids is 1. The normalized spacial score (nSPS) is 13.5. The number of aryl methyl sites for hydroxylation is 1. The van der Waals surface area contributed by atoms with Gasteiger partial charge in [-0.3, -0.25) is 38.5 Å². The Labute approximate surface area is 413 Å². The van der Waals surface area contributed by atoms with E-state index in [1.54, 1.807) is 44.3 Å². The summed E-state index contributed by atoms with van der Waals surface area (Å²) in [6.07, 6.45) is 6.46. The molecule has 0 aliphatic carbocycles. The maximum Gasteiger partial charge on any atom is 0.326 e. The molecule has 0 saturated carbocycles. The van der Waals surface area contributed by atoms with Gasteiger partial charge in [0.2, 0.25) is 11.7 Å². The number of nitrogen functional groups attached to an aromatic ring is 2. The number of nitrogens with zero attached hydrogens (tertiary/aromatic N) is 8. The second kappa shape index (κ2) is 24.5. The van der Waals surface area contributed by atoms with Crippen molar-refractivity contribution in [2.75, 3.05) is 23.3 Å². The van der Waals surface area contributed by atoms with E-state index in [1.807, 2.05) is 13.8 Å². The van der Waals surface area contributed by atoms with Gasteiger partial charge in [-0.15, -0.1) is 10.2 Å². The van der Waals surface area contributed by atoms with Crippen LogP contribution in [0.3, 0.4) is 0 Å². The number of aromatic amines is 1. The molecule has 4 heterocycles. The van der Waals surface area contributed by atoms with Crippen LogP contribution >= 0.6 is 0 Å². The summed E-state index contributed by atoms with van der Waals surface area (Å²) < 4.78 is 0. The number of rotatable bonds is 27. The first-order chi connectivity index (χ1) is 34.4. The van der Waals surface area contributed by atoms with Gasteiger partial charge in [0, 0.05) is 72.8 Å². The first kappa shape index (κ1) is 53.0. The van der Waals surface area contributed by atoms with E-state index in [2.05, 4.69) is 56.5 Å². The molecule has 0 radical (unpaired) electrons. The lowest BCUT2D eigenvalue weighted by Gasteiger charge is -2.22.